The monoisotopic (exact) mass is 491 g/mol. The molecule has 0 bridgehead atoms. The Labute approximate surface area is 206 Å². The summed E-state index contributed by atoms with van der Waals surface area (Å²) in [5.41, 5.74) is 2.80. The number of thiazole rings is 1. The molecule has 1 unspecified atom stereocenters. The van der Waals surface area contributed by atoms with E-state index in [0.29, 0.717) is 30.0 Å². The van der Waals surface area contributed by atoms with Crippen molar-refractivity contribution in [2.75, 3.05) is 43.1 Å². The van der Waals surface area contributed by atoms with Gasteiger partial charge in [-0.3, -0.25) is 14.4 Å². The molecule has 9 nitrogen and oxygen atoms in total. The number of hydrogen-bond acceptors (Lipinski definition) is 7. The molecule has 1 saturated heterocycles. The average Bonchev–Trinajstić information content (AvgIpc) is 3.56. The van der Waals surface area contributed by atoms with Crippen molar-refractivity contribution in [3.8, 4) is 0 Å². The molecule has 0 radical (unpaired) electrons. The van der Waals surface area contributed by atoms with E-state index in [1.54, 1.807) is 28.4 Å². The Morgan fingerprint density at radius 1 is 1.11 bits per heavy atom. The van der Waals surface area contributed by atoms with Gasteiger partial charge in [0.05, 0.1) is 30.0 Å². The number of nitrogens with one attached hydrogen (secondary N) is 2. The molecule has 2 aromatic carbocycles. The summed E-state index contributed by atoms with van der Waals surface area (Å²) in [7, 11) is 0. The predicted molar refractivity (Wildman–Crippen MR) is 133 cm³/mol. The van der Waals surface area contributed by atoms with Gasteiger partial charge in [0.1, 0.15) is 6.04 Å². The Balaban J connectivity index is 1.10. The maximum atomic E-state index is 13.1. The molecule has 1 aliphatic carbocycles. The van der Waals surface area contributed by atoms with E-state index in [9.17, 15) is 14.4 Å². The number of carbonyl (C=O) groups excluding carboxylic acids is 3. The lowest BCUT2D eigenvalue weighted by Crippen LogP contribution is -2.42. The molecule has 1 atom stereocenters. The highest BCUT2D eigenvalue weighted by molar-refractivity contribution is 7.22. The third-order valence-electron chi connectivity index (χ3n) is 6.55. The van der Waals surface area contributed by atoms with Crippen LogP contribution in [0.1, 0.15) is 34.8 Å². The Morgan fingerprint density at radius 3 is 2.71 bits per heavy atom. The molecule has 0 spiro atoms. The molecule has 2 aliphatic heterocycles. The van der Waals surface area contributed by atoms with Crippen LogP contribution in [-0.2, 0) is 14.3 Å². The van der Waals surface area contributed by atoms with Crippen LogP contribution in [0.25, 0.3) is 10.2 Å². The van der Waals surface area contributed by atoms with Crippen molar-refractivity contribution in [2.24, 2.45) is 0 Å². The van der Waals surface area contributed by atoms with E-state index in [1.807, 2.05) is 30.3 Å². The van der Waals surface area contributed by atoms with Crippen LogP contribution in [0, 0.1) is 0 Å². The van der Waals surface area contributed by atoms with Gasteiger partial charge in [0.2, 0.25) is 11.8 Å². The first-order chi connectivity index (χ1) is 17.1. The molecular weight excluding hydrogens is 466 g/mol. The zero-order valence-electron chi connectivity index (χ0n) is 19.0. The molecule has 2 fully saturated rings. The summed E-state index contributed by atoms with van der Waals surface area (Å²) in [4.78, 5) is 47.1. The lowest BCUT2D eigenvalue weighted by Gasteiger charge is -2.25. The molecule has 10 heteroatoms. The molecule has 35 heavy (non-hydrogen) atoms. The van der Waals surface area contributed by atoms with E-state index in [1.165, 1.54) is 0 Å². The second-order valence-corrected chi connectivity index (χ2v) is 9.99. The van der Waals surface area contributed by atoms with Crippen LogP contribution >= 0.6 is 11.3 Å². The van der Waals surface area contributed by atoms with Gasteiger partial charge >= 0.3 is 0 Å². The normalized spacial score (nSPS) is 19.7. The molecule has 6 rings (SSSR count). The number of amides is 3. The highest BCUT2D eigenvalue weighted by Crippen LogP contribution is 2.41. The van der Waals surface area contributed by atoms with Crippen LogP contribution in [0.3, 0.4) is 0 Å². The number of carbonyl (C=O) groups is 3. The standard InChI is InChI=1S/C25H25N5O4S/c31-21(27-15-5-8-19-20(13-15)35-25(28-19)29-9-11-34-12-10-29)14-26-23(32)22-17-3-1-2-4-18(17)24(33)30(22)16-6-7-16/h1-5,8,13,16,22H,6-7,9-12,14H2,(H,26,32)(H,27,31). The second kappa shape index (κ2) is 8.94. The van der Waals surface area contributed by atoms with E-state index in [-0.39, 0.29) is 30.3 Å². The van der Waals surface area contributed by atoms with Gasteiger partial charge in [-0.1, -0.05) is 29.5 Å². The van der Waals surface area contributed by atoms with Crippen molar-refractivity contribution in [1.82, 2.24) is 15.2 Å². The first-order valence-corrected chi connectivity index (χ1v) is 12.6. The minimum Gasteiger partial charge on any atom is -0.378 e. The molecule has 3 aromatic rings. The van der Waals surface area contributed by atoms with Crippen LogP contribution in [0.4, 0.5) is 10.8 Å². The summed E-state index contributed by atoms with van der Waals surface area (Å²) < 4.78 is 6.39. The summed E-state index contributed by atoms with van der Waals surface area (Å²) in [6.45, 7) is 2.85. The number of rotatable bonds is 6. The van der Waals surface area contributed by atoms with Crippen LogP contribution in [0.2, 0.25) is 0 Å². The molecule has 1 aromatic heterocycles. The van der Waals surface area contributed by atoms with E-state index in [4.69, 9.17) is 9.72 Å². The fourth-order valence-electron chi connectivity index (χ4n) is 4.68. The van der Waals surface area contributed by atoms with Gasteiger partial charge in [0.15, 0.2) is 5.13 Å². The fourth-order valence-corrected chi connectivity index (χ4v) is 5.74. The van der Waals surface area contributed by atoms with E-state index in [2.05, 4.69) is 15.5 Å². The summed E-state index contributed by atoms with van der Waals surface area (Å²) in [5, 5.41) is 6.53. The third-order valence-corrected chi connectivity index (χ3v) is 7.63. The maximum absolute atomic E-state index is 13.1. The maximum Gasteiger partial charge on any atom is 0.255 e. The van der Waals surface area contributed by atoms with Gasteiger partial charge in [-0.05, 0) is 42.7 Å². The zero-order chi connectivity index (χ0) is 23.9. The third kappa shape index (κ3) is 4.23. The van der Waals surface area contributed by atoms with Crippen molar-refractivity contribution in [2.45, 2.75) is 24.9 Å². The number of hydrogen-bond donors (Lipinski definition) is 2. The number of fused-ring (bicyclic) bond motifs is 2. The van der Waals surface area contributed by atoms with Crippen molar-refractivity contribution in [1.29, 1.82) is 0 Å². The molecule has 180 valence electrons. The zero-order valence-corrected chi connectivity index (χ0v) is 19.8. The number of nitrogens with zero attached hydrogens (tertiary/aromatic N) is 3. The molecular formula is C25H25N5O4S. The highest BCUT2D eigenvalue weighted by Gasteiger charge is 2.47. The lowest BCUT2D eigenvalue weighted by molar-refractivity contribution is -0.127. The smallest absolute Gasteiger partial charge is 0.255 e. The van der Waals surface area contributed by atoms with Crippen LogP contribution in [0.15, 0.2) is 42.5 Å². The molecule has 3 amide bonds. The number of anilines is 2. The van der Waals surface area contributed by atoms with Gasteiger partial charge in [-0.25, -0.2) is 4.98 Å². The average molecular weight is 492 g/mol. The number of morpholine rings is 1. The Morgan fingerprint density at radius 2 is 1.91 bits per heavy atom. The molecule has 3 aliphatic rings. The van der Waals surface area contributed by atoms with Crippen molar-refractivity contribution in [3.63, 3.8) is 0 Å². The summed E-state index contributed by atoms with van der Waals surface area (Å²) in [5.74, 6) is -0.772. The number of benzene rings is 2. The first-order valence-electron chi connectivity index (χ1n) is 11.8. The van der Waals surface area contributed by atoms with Crippen molar-refractivity contribution < 1.29 is 19.1 Å². The number of ether oxygens (including phenoxy) is 1. The summed E-state index contributed by atoms with van der Waals surface area (Å²) in [6, 6.07) is 12.2. The fraction of sp³-hybridized carbons (Fsp3) is 0.360. The Bertz CT molecular complexity index is 1310. The Hall–Kier alpha value is -3.50. The molecule has 3 heterocycles. The van der Waals surface area contributed by atoms with Gasteiger partial charge in [-0.15, -0.1) is 0 Å². The van der Waals surface area contributed by atoms with Crippen LogP contribution in [0.5, 0.6) is 0 Å². The first kappa shape index (κ1) is 22.0. The van der Waals surface area contributed by atoms with Gasteiger partial charge in [-0.2, -0.15) is 0 Å². The van der Waals surface area contributed by atoms with Gasteiger partial charge < -0.3 is 25.2 Å². The number of aromatic nitrogens is 1. The SMILES string of the molecule is O=C(CNC(=O)C1c2ccccc2C(=O)N1C1CC1)Nc1ccc2nc(N3CCOCC3)sc2c1. The van der Waals surface area contributed by atoms with Crippen LogP contribution < -0.4 is 15.5 Å². The molecule has 1 saturated carbocycles. The quantitative estimate of drug-likeness (QED) is 0.549. The minimum absolute atomic E-state index is 0.0907. The van der Waals surface area contributed by atoms with E-state index < -0.39 is 6.04 Å². The van der Waals surface area contributed by atoms with Crippen molar-refractivity contribution >= 4 is 50.1 Å². The molecule has 2 N–H and O–H groups in total. The van der Waals surface area contributed by atoms with E-state index >= 15 is 0 Å². The van der Waals surface area contributed by atoms with Crippen molar-refractivity contribution in [3.05, 3.63) is 53.6 Å². The highest BCUT2D eigenvalue weighted by atomic mass is 32.1. The van der Waals surface area contributed by atoms with Gasteiger partial charge in [0.25, 0.3) is 5.91 Å². The van der Waals surface area contributed by atoms with Crippen LogP contribution in [-0.4, -0.2) is 66.5 Å². The predicted octanol–water partition coefficient (Wildman–Crippen LogP) is 2.55. The van der Waals surface area contributed by atoms with Gasteiger partial charge in [0, 0.05) is 30.4 Å². The minimum atomic E-state index is -0.689. The Kier molecular flexibility index (Phi) is 5.62. The largest absolute Gasteiger partial charge is 0.378 e. The summed E-state index contributed by atoms with van der Waals surface area (Å²) in [6.07, 6.45) is 1.80. The lowest BCUT2D eigenvalue weighted by atomic mass is 10.0. The van der Waals surface area contributed by atoms with E-state index in [0.717, 1.165) is 41.3 Å². The second-order valence-electron chi connectivity index (χ2n) is 8.98. The summed E-state index contributed by atoms with van der Waals surface area (Å²) >= 11 is 1.58. The topological polar surface area (TPSA) is 104 Å².